The summed E-state index contributed by atoms with van der Waals surface area (Å²) >= 11 is 1.99. The zero-order valence-electron chi connectivity index (χ0n) is 9.21. The fraction of sp³-hybridized carbons (Fsp3) is 1.00. The second kappa shape index (κ2) is 7.55. The highest BCUT2D eigenvalue weighted by Gasteiger charge is 2.18. The summed E-state index contributed by atoms with van der Waals surface area (Å²) in [5.74, 6) is 2.45. The van der Waals surface area contributed by atoms with Crippen LogP contribution < -0.4 is 5.73 Å². The first-order valence-corrected chi connectivity index (χ1v) is 6.93. The van der Waals surface area contributed by atoms with Crippen molar-refractivity contribution in [1.29, 1.82) is 0 Å². The number of rotatable bonds is 6. The van der Waals surface area contributed by atoms with Crippen LogP contribution in [0.15, 0.2) is 0 Å². The molecule has 0 aromatic rings. The smallest absolute Gasteiger partial charge is 0.0589 e. The van der Waals surface area contributed by atoms with Gasteiger partial charge in [0, 0.05) is 12.6 Å². The van der Waals surface area contributed by atoms with Gasteiger partial charge in [0.05, 0.1) is 6.10 Å². The molecule has 1 saturated carbocycles. The maximum atomic E-state index is 5.89. The monoisotopic (exact) mass is 217 g/mol. The van der Waals surface area contributed by atoms with E-state index in [0.29, 0.717) is 12.1 Å². The third kappa shape index (κ3) is 5.23. The van der Waals surface area contributed by atoms with Crippen LogP contribution >= 0.6 is 11.8 Å². The fourth-order valence-corrected chi connectivity index (χ4v) is 2.50. The minimum Gasteiger partial charge on any atom is -0.378 e. The van der Waals surface area contributed by atoms with E-state index in [-0.39, 0.29) is 0 Å². The molecule has 84 valence electrons. The molecule has 1 aliphatic carbocycles. The third-order valence-corrected chi connectivity index (χ3v) is 3.64. The van der Waals surface area contributed by atoms with Crippen molar-refractivity contribution in [2.45, 2.75) is 51.2 Å². The highest BCUT2D eigenvalue weighted by atomic mass is 32.2. The molecule has 0 amide bonds. The van der Waals surface area contributed by atoms with Crippen molar-refractivity contribution in [2.75, 3.05) is 18.1 Å². The Bertz CT molecular complexity index is 143. The molecular weight excluding hydrogens is 194 g/mol. The van der Waals surface area contributed by atoms with Crippen molar-refractivity contribution >= 4 is 11.8 Å². The van der Waals surface area contributed by atoms with E-state index in [1.165, 1.54) is 37.2 Å². The predicted molar refractivity (Wildman–Crippen MR) is 63.8 cm³/mol. The number of hydrogen-bond acceptors (Lipinski definition) is 3. The quantitative estimate of drug-likeness (QED) is 0.694. The lowest BCUT2D eigenvalue weighted by Crippen LogP contribution is -2.32. The molecule has 3 heteroatoms. The largest absolute Gasteiger partial charge is 0.378 e. The van der Waals surface area contributed by atoms with Crippen LogP contribution in [0, 0.1) is 0 Å². The van der Waals surface area contributed by atoms with Gasteiger partial charge >= 0.3 is 0 Å². The van der Waals surface area contributed by atoms with E-state index in [4.69, 9.17) is 10.5 Å². The summed E-state index contributed by atoms with van der Waals surface area (Å²) in [7, 11) is 0. The molecule has 2 atom stereocenters. The zero-order valence-corrected chi connectivity index (χ0v) is 10.0. The van der Waals surface area contributed by atoms with Crippen LogP contribution in [0.1, 0.15) is 39.0 Å². The minimum atomic E-state index is 0.388. The first-order chi connectivity index (χ1) is 6.83. The van der Waals surface area contributed by atoms with E-state index < -0.39 is 0 Å². The van der Waals surface area contributed by atoms with Crippen molar-refractivity contribution in [2.24, 2.45) is 5.73 Å². The van der Waals surface area contributed by atoms with Gasteiger partial charge in [-0.05, 0) is 43.6 Å². The summed E-state index contributed by atoms with van der Waals surface area (Å²) in [5, 5.41) is 0. The van der Waals surface area contributed by atoms with Crippen LogP contribution in [0.3, 0.4) is 0 Å². The van der Waals surface area contributed by atoms with E-state index in [0.717, 1.165) is 13.0 Å². The summed E-state index contributed by atoms with van der Waals surface area (Å²) < 4.78 is 5.81. The topological polar surface area (TPSA) is 35.2 Å². The maximum Gasteiger partial charge on any atom is 0.0589 e. The van der Waals surface area contributed by atoms with Crippen molar-refractivity contribution in [3.63, 3.8) is 0 Å². The first kappa shape index (κ1) is 12.3. The molecule has 0 aromatic carbocycles. The lowest BCUT2D eigenvalue weighted by atomic mass is 9.94. The van der Waals surface area contributed by atoms with E-state index in [2.05, 4.69) is 6.92 Å². The molecule has 0 aromatic heterocycles. The van der Waals surface area contributed by atoms with Gasteiger partial charge in [-0.15, -0.1) is 0 Å². The molecule has 0 heterocycles. The minimum absolute atomic E-state index is 0.388. The summed E-state index contributed by atoms with van der Waals surface area (Å²) in [4.78, 5) is 0. The molecular formula is C11H23NOS. The zero-order chi connectivity index (χ0) is 10.2. The second-order valence-corrected chi connectivity index (χ2v) is 5.36. The Balaban J connectivity index is 1.95. The van der Waals surface area contributed by atoms with Crippen LogP contribution in [-0.4, -0.2) is 30.3 Å². The van der Waals surface area contributed by atoms with E-state index >= 15 is 0 Å². The van der Waals surface area contributed by atoms with Crippen LogP contribution in [-0.2, 0) is 4.74 Å². The lowest BCUT2D eigenvalue weighted by molar-refractivity contribution is 0.0244. The third-order valence-electron chi connectivity index (χ3n) is 2.66. The molecule has 0 radical (unpaired) electrons. The Kier molecular flexibility index (Phi) is 6.65. The van der Waals surface area contributed by atoms with Crippen LogP contribution in [0.2, 0.25) is 0 Å². The van der Waals surface area contributed by atoms with Crippen molar-refractivity contribution in [3.05, 3.63) is 0 Å². The molecule has 0 saturated heterocycles. The standard InChI is InChI=1S/C11H23NOS/c1-2-14-8-4-7-13-11-6-3-5-10(12)9-11/h10-11H,2-9,12H2,1H3. The molecule has 2 nitrogen and oxygen atoms in total. The Labute approximate surface area is 92.0 Å². The Morgan fingerprint density at radius 1 is 1.43 bits per heavy atom. The molecule has 1 rings (SSSR count). The maximum absolute atomic E-state index is 5.89. The van der Waals surface area contributed by atoms with Gasteiger partial charge in [0.25, 0.3) is 0 Å². The second-order valence-electron chi connectivity index (χ2n) is 3.97. The summed E-state index contributed by atoms with van der Waals surface area (Å²) in [6, 6.07) is 0.388. The summed E-state index contributed by atoms with van der Waals surface area (Å²) in [6.45, 7) is 3.12. The number of ether oxygens (including phenoxy) is 1. The summed E-state index contributed by atoms with van der Waals surface area (Å²) in [6.07, 6.45) is 6.35. The van der Waals surface area contributed by atoms with E-state index in [9.17, 15) is 0 Å². The molecule has 2 N–H and O–H groups in total. The lowest BCUT2D eigenvalue weighted by Gasteiger charge is -2.26. The number of thioether (sulfide) groups is 1. The van der Waals surface area contributed by atoms with Crippen molar-refractivity contribution < 1.29 is 4.74 Å². The number of hydrogen-bond donors (Lipinski definition) is 1. The van der Waals surface area contributed by atoms with Gasteiger partial charge in [-0.25, -0.2) is 0 Å². The average Bonchev–Trinajstić information content (AvgIpc) is 2.18. The highest BCUT2D eigenvalue weighted by Crippen LogP contribution is 2.19. The Morgan fingerprint density at radius 3 is 3.00 bits per heavy atom. The SMILES string of the molecule is CCSCCCOC1CCCC(N)C1. The first-order valence-electron chi connectivity index (χ1n) is 5.78. The van der Waals surface area contributed by atoms with Crippen LogP contribution in [0.25, 0.3) is 0 Å². The van der Waals surface area contributed by atoms with Gasteiger partial charge in [0.2, 0.25) is 0 Å². The summed E-state index contributed by atoms with van der Waals surface area (Å²) in [5.41, 5.74) is 5.89. The number of nitrogens with two attached hydrogens (primary N) is 1. The van der Waals surface area contributed by atoms with Gasteiger partial charge in [0.15, 0.2) is 0 Å². The van der Waals surface area contributed by atoms with Crippen LogP contribution in [0.5, 0.6) is 0 Å². The highest BCUT2D eigenvalue weighted by molar-refractivity contribution is 7.99. The predicted octanol–water partition coefficient (Wildman–Crippen LogP) is 2.42. The molecule has 0 bridgehead atoms. The molecule has 2 unspecified atom stereocenters. The van der Waals surface area contributed by atoms with E-state index in [1.807, 2.05) is 11.8 Å². The van der Waals surface area contributed by atoms with Crippen molar-refractivity contribution in [1.82, 2.24) is 0 Å². The van der Waals surface area contributed by atoms with Gasteiger partial charge in [0.1, 0.15) is 0 Å². The average molecular weight is 217 g/mol. The molecule has 0 aliphatic heterocycles. The van der Waals surface area contributed by atoms with Gasteiger partial charge < -0.3 is 10.5 Å². The fourth-order valence-electron chi connectivity index (χ4n) is 1.89. The van der Waals surface area contributed by atoms with Gasteiger partial charge in [-0.2, -0.15) is 11.8 Å². The molecule has 0 spiro atoms. The van der Waals surface area contributed by atoms with Gasteiger partial charge in [-0.3, -0.25) is 0 Å². The van der Waals surface area contributed by atoms with Crippen molar-refractivity contribution in [3.8, 4) is 0 Å². The Morgan fingerprint density at radius 2 is 2.29 bits per heavy atom. The molecule has 1 fully saturated rings. The molecule has 1 aliphatic rings. The van der Waals surface area contributed by atoms with Crippen LogP contribution in [0.4, 0.5) is 0 Å². The van der Waals surface area contributed by atoms with Gasteiger partial charge in [-0.1, -0.05) is 6.92 Å². The molecule has 14 heavy (non-hydrogen) atoms. The Hall–Kier alpha value is 0.270. The normalized spacial score (nSPS) is 27.9. The van der Waals surface area contributed by atoms with E-state index in [1.54, 1.807) is 0 Å².